The molecule has 3 nitrogen and oxygen atoms in total. The average molecular weight is 351 g/mol. The maximum absolute atomic E-state index is 5.96. The Hall–Kier alpha value is -1.29. The van der Waals surface area contributed by atoms with E-state index in [2.05, 4.69) is 28.0 Å². The van der Waals surface area contributed by atoms with Crippen LogP contribution in [0.4, 0.5) is 5.82 Å². The summed E-state index contributed by atoms with van der Waals surface area (Å²) in [6, 6.07) is 8.10. The van der Waals surface area contributed by atoms with E-state index in [9.17, 15) is 0 Å². The van der Waals surface area contributed by atoms with Crippen LogP contribution in [0.5, 0.6) is 0 Å². The minimum absolute atomic E-state index is 0.485. The molecule has 0 atom stereocenters. The molecule has 0 bridgehead atoms. The topological polar surface area (TPSA) is 52.0 Å². The first-order chi connectivity index (χ1) is 10.2. The minimum atomic E-state index is 0.485. The Labute approximate surface area is 135 Å². The van der Waals surface area contributed by atoms with Gasteiger partial charge in [-0.2, -0.15) is 0 Å². The molecule has 2 aromatic rings. The van der Waals surface area contributed by atoms with Gasteiger partial charge in [-0.3, -0.25) is 0 Å². The summed E-state index contributed by atoms with van der Waals surface area (Å²) in [4.78, 5) is 0. The first-order valence-electron chi connectivity index (χ1n) is 7.72. The van der Waals surface area contributed by atoms with E-state index < -0.39 is 0 Å². The molecule has 21 heavy (non-hydrogen) atoms. The van der Waals surface area contributed by atoms with Crippen molar-refractivity contribution in [1.82, 2.24) is 5.16 Å². The summed E-state index contributed by atoms with van der Waals surface area (Å²) < 4.78 is 6.48. The number of halogens is 1. The molecule has 0 fully saturated rings. The van der Waals surface area contributed by atoms with E-state index in [0.29, 0.717) is 5.82 Å². The van der Waals surface area contributed by atoms with Gasteiger partial charge in [0.2, 0.25) is 0 Å². The van der Waals surface area contributed by atoms with E-state index in [1.807, 2.05) is 24.3 Å². The van der Waals surface area contributed by atoms with Crippen molar-refractivity contribution in [3.8, 4) is 11.1 Å². The van der Waals surface area contributed by atoms with Gasteiger partial charge in [-0.25, -0.2) is 0 Å². The normalized spacial score (nSPS) is 11.0. The number of nitrogens with two attached hydrogens (primary N) is 1. The van der Waals surface area contributed by atoms with Crippen LogP contribution in [0.15, 0.2) is 33.3 Å². The van der Waals surface area contributed by atoms with E-state index in [1.54, 1.807) is 0 Å². The van der Waals surface area contributed by atoms with Crippen LogP contribution in [0.2, 0.25) is 0 Å². The summed E-state index contributed by atoms with van der Waals surface area (Å²) in [6.07, 6.45) is 8.51. The molecule has 4 heteroatoms. The number of nitrogen functional groups attached to an aromatic ring is 1. The van der Waals surface area contributed by atoms with Crippen molar-refractivity contribution in [2.24, 2.45) is 0 Å². The van der Waals surface area contributed by atoms with Gasteiger partial charge >= 0.3 is 0 Å². The molecule has 0 unspecified atom stereocenters. The maximum Gasteiger partial charge on any atom is 0.175 e. The van der Waals surface area contributed by atoms with Gasteiger partial charge in [0.05, 0.1) is 5.56 Å². The van der Waals surface area contributed by atoms with E-state index in [1.165, 1.54) is 32.1 Å². The second-order valence-electron chi connectivity index (χ2n) is 5.39. The molecule has 0 aliphatic heterocycles. The van der Waals surface area contributed by atoms with Gasteiger partial charge in [0.1, 0.15) is 5.76 Å². The largest absolute Gasteiger partial charge is 0.380 e. The number of anilines is 1. The lowest BCUT2D eigenvalue weighted by Crippen LogP contribution is -1.91. The van der Waals surface area contributed by atoms with Gasteiger partial charge in [0.15, 0.2) is 5.82 Å². The molecule has 2 N–H and O–H groups in total. The standard InChI is InChI=1S/C17H23BrN2O/c1-2-3-4-5-6-7-8-15-16(17(19)20-21-15)13-9-11-14(18)12-10-13/h9-12H,2-8H2,1H3,(H2,19,20). The van der Waals surface area contributed by atoms with Crippen molar-refractivity contribution in [3.63, 3.8) is 0 Å². The molecule has 1 aromatic heterocycles. The predicted octanol–water partition coefficient (Wildman–Crippen LogP) is 5.59. The minimum Gasteiger partial charge on any atom is -0.380 e. The number of benzene rings is 1. The Morgan fingerprint density at radius 1 is 1.05 bits per heavy atom. The Morgan fingerprint density at radius 3 is 2.43 bits per heavy atom. The Morgan fingerprint density at radius 2 is 1.71 bits per heavy atom. The number of rotatable bonds is 8. The number of aromatic nitrogens is 1. The van der Waals surface area contributed by atoms with Crippen molar-refractivity contribution in [2.75, 3.05) is 5.73 Å². The van der Waals surface area contributed by atoms with Crippen LogP contribution in [0.25, 0.3) is 11.1 Å². The summed E-state index contributed by atoms with van der Waals surface area (Å²) in [7, 11) is 0. The van der Waals surface area contributed by atoms with Gasteiger partial charge < -0.3 is 10.3 Å². The summed E-state index contributed by atoms with van der Waals surface area (Å²) in [5.41, 5.74) is 7.99. The van der Waals surface area contributed by atoms with Crippen molar-refractivity contribution in [2.45, 2.75) is 51.9 Å². The Bertz CT molecular complexity index is 548. The van der Waals surface area contributed by atoms with Crippen LogP contribution >= 0.6 is 15.9 Å². The lowest BCUT2D eigenvalue weighted by molar-refractivity contribution is 0.381. The molecule has 0 spiro atoms. The molecule has 0 amide bonds. The number of unbranched alkanes of at least 4 members (excludes halogenated alkanes) is 5. The third-order valence-corrected chi connectivity index (χ3v) is 4.21. The first kappa shape index (κ1) is 16.1. The summed E-state index contributed by atoms with van der Waals surface area (Å²) in [6.45, 7) is 2.24. The molecular weight excluding hydrogens is 328 g/mol. The number of hydrogen-bond acceptors (Lipinski definition) is 3. The lowest BCUT2D eigenvalue weighted by atomic mass is 10.0. The van der Waals surface area contributed by atoms with Crippen LogP contribution in [-0.4, -0.2) is 5.16 Å². The molecule has 0 saturated carbocycles. The van der Waals surface area contributed by atoms with Gasteiger partial charge in [-0.05, 0) is 24.1 Å². The maximum atomic E-state index is 5.96. The highest BCUT2D eigenvalue weighted by Gasteiger charge is 2.15. The summed E-state index contributed by atoms with van der Waals surface area (Å²) >= 11 is 3.45. The van der Waals surface area contributed by atoms with E-state index in [4.69, 9.17) is 10.3 Å². The van der Waals surface area contributed by atoms with Crippen molar-refractivity contribution in [1.29, 1.82) is 0 Å². The molecule has 0 radical (unpaired) electrons. The molecule has 114 valence electrons. The second-order valence-corrected chi connectivity index (χ2v) is 6.31. The van der Waals surface area contributed by atoms with Gasteiger partial charge in [0, 0.05) is 10.9 Å². The SMILES string of the molecule is CCCCCCCCc1onc(N)c1-c1ccc(Br)cc1. The van der Waals surface area contributed by atoms with Crippen molar-refractivity contribution in [3.05, 3.63) is 34.5 Å². The van der Waals surface area contributed by atoms with E-state index in [0.717, 1.165) is 34.2 Å². The second kappa shape index (κ2) is 8.23. The summed E-state index contributed by atoms with van der Waals surface area (Å²) in [5, 5.41) is 3.93. The highest BCUT2D eigenvalue weighted by Crippen LogP contribution is 2.31. The van der Waals surface area contributed by atoms with Crippen molar-refractivity contribution < 1.29 is 4.52 Å². The smallest absolute Gasteiger partial charge is 0.175 e. The Kier molecular flexibility index (Phi) is 6.30. The molecule has 0 aliphatic rings. The van der Waals surface area contributed by atoms with Gasteiger partial charge in [-0.1, -0.05) is 72.2 Å². The van der Waals surface area contributed by atoms with Crippen molar-refractivity contribution >= 4 is 21.7 Å². The van der Waals surface area contributed by atoms with Crippen LogP contribution in [0.1, 0.15) is 51.2 Å². The monoisotopic (exact) mass is 350 g/mol. The quantitative estimate of drug-likeness (QED) is 0.631. The van der Waals surface area contributed by atoms with Crippen LogP contribution in [0.3, 0.4) is 0 Å². The number of aryl methyl sites for hydroxylation is 1. The highest BCUT2D eigenvalue weighted by atomic mass is 79.9. The molecule has 2 rings (SSSR count). The lowest BCUT2D eigenvalue weighted by Gasteiger charge is -2.03. The average Bonchev–Trinajstić information content (AvgIpc) is 2.85. The fourth-order valence-electron chi connectivity index (χ4n) is 2.50. The fourth-order valence-corrected chi connectivity index (χ4v) is 2.76. The number of hydrogen-bond donors (Lipinski definition) is 1. The first-order valence-corrected chi connectivity index (χ1v) is 8.51. The third kappa shape index (κ3) is 4.60. The van der Waals surface area contributed by atoms with Crippen LogP contribution in [0, 0.1) is 0 Å². The van der Waals surface area contributed by atoms with E-state index in [-0.39, 0.29) is 0 Å². The van der Waals surface area contributed by atoms with Gasteiger partial charge in [0.25, 0.3) is 0 Å². The Balaban J connectivity index is 1.96. The van der Waals surface area contributed by atoms with Crippen LogP contribution in [-0.2, 0) is 6.42 Å². The van der Waals surface area contributed by atoms with Gasteiger partial charge in [-0.15, -0.1) is 0 Å². The molecule has 1 aromatic carbocycles. The highest BCUT2D eigenvalue weighted by molar-refractivity contribution is 9.10. The number of nitrogens with zero attached hydrogens (tertiary/aromatic N) is 1. The zero-order valence-electron chi connectivity index (χ0n) is 12.6. The zero-order chi connectivity index (χ0) is 15.1. The van der Waals surface area contributed by atoms with Crippen LogP contribution < -0.4 is 5.73 Å². The zero-order valence-corrected chi connectivity index (χ0v) is 14.2. The third-order valence-electron chi connectivity index (χ3n) is 3.68. The molecule has 1 heterocycles. The molecular formula is C17H23BrN2O. The fraction of sp³-hybridized carbons (Fsp3) is 0.471. The predicted molar refractivity (Wildman–Crippen MR) is 91.1 cm³/mol. The van der Waals surface area contributed by atoms with E-state index >= 15 is 0 Å². The molecule has 0 aliphatic carbocycles. The summed E-state index contributed by atoms with van der Waals surface area (Å²) in [5.74, 6) is 1.39. The molecule has 0 saturated heterocycles.